The number of halogens is 2. The molecule has 0 bridgehead atoms. The predicted octanol–water partition coefficient (Wildman–Crippen LogP) is 6.03. The van der Waals surface area contributed by atoms with Crippen LogP contribution >= 0.6 is 34.7 Å². The Bertz CT molecular complexity index is 1100. The van der Waals surface area contributed by atoms with E-state index in [1.807, 2.05) is 24.0 Å². The van der Waals surface area contributed by atoms with Crippen molar-refractivity contribution < 1.29 is 13.9 Å². The van der Waals surface area contributed by atoms with Crippen LogP contribution in [-0.2, 0) is 9.53 Å². The minimum Gasteiger partial charge on any atom is -0.379 e. The smallest absolute Gasteiger partial charge is 0.228 e. The Balaban J connectivity index is 1.40. The zero-order chi connectivity index (χ0) is 23.9. The summed E-state index contributed by atoms with van der Waals surface area (Å²) >= 11 is 9.41. The van der Waals surface area contributed by atoms with Gasteiger partial charge in [-0.2, -0.15) is 0 Å². The molecule has 0 aliphatic carbocycles. The number of anilines is 1. The van der Waals surface area contributed by atoms with E-state index in [1.54, 1.807) is 23.9 Å². The second-order valence-corrected chi connectivity index (χ2v) is 10.9. The van der Waals surface area contributed by atoms with Crippen LogP contribution in [0.15, 0.2) is 41.3 Å². The first-order chi connectivity index (χ1) is 16.5. The van der Waals surface area contributed by atoms with Gasteiger partial charge in [-0.05, 0) is 67.5 Å². The van der Waals surface area contributed by atoms with Gasteiger partial charge in [-0.15, -0.1) is 11.8 Å². The van der Waals surface area contributed by atoms with Crippen molar-refractivity contribution in [3.05, 3.63) is 52.8 Å². The molecule has 0 saturated carbocycles. The standard InChI is InChI=1S/C25H29ClFN3O2S2/c1-18-16-19(26)17-22-24(18)28-25(34-22)30(10-3-9-29-11-13-32-14-12-29)23(31)4-2-15-33-21-7-5-20(27)6-8-21/h5-8,16-17H,2-4,9-15H2,1H3. The minimum atomic E-state index is -0.236. The van der Waals surface area contributed by atoms with Crippen LogP contribution in [0.1, 0.15) is 24.8 Å². The molecule has 3 aromatic rings. The van der Waals surface area contributed by atoms with Gasteiger partial charge in [0.2, 0.25) is 5.91 Å². The van der Waals surface area contributed by atoms with Gasteiger partial charge in [0.15, 0.2) is 5.13 Å². The number of thioether (sulfide) groups is 1. The van der Waals surface area contributed by atoms with Crippen molar-refractivity contribution in [3.63, 3.8) is 0 Å². The van der Waals surface area contributed by atoms with Gasteiger partial charge in [0.25, 0.3) is 0 Å². The van der Waals surface area contributed by atoms with Crippen LogP contribution in [0.5, 0.6) is 0 Å². The van der Waals surface area contributed by atoms with Gasteiger partial charge >= 0.3 is 0 Å². The maximum atomic E-state index is 13.3. The summed E-state index contributed by atoms with van der Waals surface area (Å²) < 4.78 is 19.5. The third-order valence-corrected chi connectivity index (χ3v) is 8.09. The van der Waals surface area contributed by atoms with E-state index in [4.69, 9.17) is 21.3 Å². The lowest BCUT2D eigenvalue weighted by atomic mass is 10.2. The highest BCUT2D eigenvalue weighted by Crippen LogP contribution is 2.33. The quantitative estimate of drug-likeness (QED) is 0.241. The number of nitrogens with zero attached hydrogens (tertiary/aromatic N) is 3. The summed E-state index contributed by atoms with van der Waals surface area (Å²) in [7, 11) is 0. The number of hydrogen-bond donors (Lipinski definition) is 0. The monoisotopic (exact) mass is 521 g/mol. The fourth-order valence-corrected chi connectivity index (χ4v) is 6.26. The SMILES string of the molecule is Cc1cc(Cl)cc2sc(N(CCCN3CCOCC3)C(=O)CCCSc3ccc(F)cc3)nc12. The van der Waals surface area contributed by atoms with Crippen LogP contribution in [0.3, 0.4) is 0 Å². The van der Waals surface area contributed by atoms with Gasteiger partial charge < -0.3 is 4.74 Å². The molecule has 1 saturated heterocycles. The molecule has 1 aromatic heterocycles. The van der Waals surface area contributed by atoms with Crippen LogP contribution in [-0.4, -0.2) is 60.9 Å². The van der Waals surface area contributed by atoms with Gasteiger partial charge in [-0.3, -0.25) is 14.6 Å². The highest BCUT2D eigenvalue weighted by molar-refractivity contribution is 7.99. The molecule has 1 aliphatic rings. The molecule has 2 heterocycles. The Morgan fingerprint density at radius 2 is 2.00 bits per heavy atom. The molecule has 34 heavy (non-hydrogen) atoms. The van der Waals surface area contributed by atoms with Crippen LogP contribution in [0, 0.1) is 12.7 Å². The lowest BCUT2D eigenvalue weighted by molar-refractivity contribution is -0.118. The van der Waals surface area contributed by atoms with Crippen molar-refractivity contribution in [1.29, 1.82) is 0 Å². The van der Waals surface area contributed by atoms with E-state index in [0.717, 1.165) is 77.2 Å². The lowest BCUT2D eigenvalue weighted by Crippen LogP contribution is -2.39. The number of carbonyl (C=O) groups excluding carboxylic acids is 1. The number of ether oxygens (including phenoxy) is 1. The molecule has 182 valence electrons. The van der Waals surface area contributed by atoms with Gasteiger partial charge in [0.05, 0.1) is 23.4 Å². The summed E-state index contributed by atoms with van der Waals surface area (Å²) in [6, 6.07) is 10.3. The van der Waals surface area contributed by atoms with E-state index in [1.165, 1.54) is 23.5 Å². The van der Waals surface area contributed by atoms with Crippen LogP contribution in [0.25, 0.3) is 10.2 Å². The Kier molecular flexibility index (Phi) is 9.19. The Morgan fingerprint density at radius 1 is 1.24 bits per heavy atom. The van der Waals surface area contributed by atoms with Gasteiger partial charge in [-0.1, -0.05) is 22.9 Å². The third-order valence-electron chi connectivity index (χ3n) is 5.75. The largest absolute Gasteiger partial charge is 0.379 e. The normalized spacial score (nSPS) is 14.6. The summed E-state index contributed by atoms with van der Waals surface area (Å²) in [4.78, 5) is 23.3. The topological polar surface area (TPSA) is 45.7 Å². The summed E-state index contributed by atoms with van der Waals surface area (Å²) in [5, 5.41) is 1.42. The second-order valence-electron chi connectivity index (χ2n) is 8.32. The number of fused-ring (bicyclic) bond motifs is 1. The average Bonchev–Trinajstić information content (AvgIpc) is 3.25. The average molecular weight is 522 g/mol. The molecule has 5 nitrogen and oxygen atoms in total. The summed E-state index contributed by atoms with van der Waals surface area (Å²) in [6.07, 6.45) is 2.07. The molecule has 0 radical (unpaired) electrons. The van der Waals surface area contributed by atoms with Crippen LogP contribution in [0.2, 0.25) is 5.02 Å². The molecule has 0 spiro atoms. The number of carbonyl (C=O) groups is 1. The van der Waals surface area contributed by atoms with Crippen molar-refractivity contribution >= 4 is 56.0 Å². The molecule has 4 rings (SSSR count). The Hall–Kier alpha value is -1.71. The fourth-order valence-electron chi connectivity index (χ4n) is 3.94. The molecule has 0 N–H and O–H groups in total. The van der Waals surface area contributed by atoms with E-state index in [2.05, 4.69) is 4.90 Å². The second kappa shape index (κ2) is 12.3. The van der Waals surface area contributed by atoms with Gasteiger partial charge in [0, 0.05) is 42.5 Å². The number of hydrogen-bond acceptors (Lipinski definition) is 6. The third kappa shape index (κ3) is 6.92. The first kappa shape index (κ1) is 25.4. The molecular formula is C25H29ClFN3O2S2. The van der Waals surface area contributed by atoms with Gasteiger partial charge in [0.1, 0.15) is 5.82 Å². The van der Waals surface area contributed by atoms with Crippen molar-refractivity contribution in [2.45, 2.75) is 31.1 Å². The molecule has 1 amide bonds. The molecule has 9 heteroatoms. The molecule has 1 aliphatic heterocycles. The minimum absolute atomic E-state index is 0.0875. The van der Waals surface area contributed by atoms with Gasteiger partial charge in [-0.25, -0.2) is 9.37 Å². The lowest BCUT2D eigenvalue weighted by Gasteiger charge is -2.27. The number of thiazole rings is 1. The van der Waals surface area contributed by atoms with Crippen LogP contribution in [0.4, 0.5) is 9.52 Å². The number of benzene rings is 2. The van der Waals surface area contributed by atoms with Crippen LogP contribution < -0.4 is 4.90 Å². The maximum Gasteiger partial charge on any atom is 0.228 e. The molecule has 0 unspecified atom stereocenters. The summed E-state index contributed by atoms with van der Waals surface area (Å²) in [6.45, 7) is 6.98. The number of rotatable bonds is 10. The molecular weight excluding hydrogens is 493 g/mol. The number of aryl methyl sites for hydroxylation is 1. The maximum absolute atomic E-state index is 13.3. The highest BCUT2D eigenvalue weighted by atomic mass is 35.5. The number of amides is 1. The van der Waals surface area contributed by atoms with E-state index in [9.17, 15) is 9.18 Å². The first-order valence-corrected chi connectivity index (χ1v) is 13.7. The first-order valence-electron chi connectivity index (χ1n) is 11.5. The van der Waals surface area contributed by atoms with E-state index in [-0.39, 0.29) is 11.7 Å². The Labute approximate surface area is 213 Å². The summed E-state index contributed by atoms with van der Waals surface area (Å²) in [5.74, 6) is 0.650. The zero-order valence-corrected chi connectivity index (χ0v) is 21.7. The van der Waals surface area contributed by atoms with E-state index >= 15 is 0 Å². The van der Waals surface area contributed by atoms with Crippen molar-refractivity contribution in [3.8, 4) is 0 Å². The highest BCUT2D eigenvalue weighted by Gasteiger charge is 2.21. The molecule has 2 aromatic carbocycles. The molecule has 1 fully saturated rings. The predicted molar refractivity (Wildman–Crippen MR) is 140 cm³/mol. The fraction of sp³-hybridized carbons (Fsp3) is 0.440. The zero-order valence-electron chi connectivity index (χ0n) is 19.3. The van der Waals surface area contributed by atoms with Crippen molar-refractivity contribution in [1.82, 2.24) is 9.88 Å². The van der Waals surface area contributed by atoms with E-state index in [0.29, 0.717) is 18.0 Å². The summed E-state index contributed by atoms with van der Waals surface area (Å²) in [5.41, 5.74) is 1.92. The van der Waals surface area contributed by atoms with Crippen molar-refractivity contribution in [2.24, 2.45) is 0 Å². The number of morpholine rings is 1. The van der Waals surface area contributed by atoms with E-state index < -0.39 is 0 Å². The van der Waals surface area contributed by atoms with Crippen molar-refractivity contribution in [2.75, 3.05) is 50.0 Å². The number of aromatic nitrogens is 1. The molecule has 0 atom stereocenters. The Morgan fingerprint density at radius 3 is 2.76 bits per heavy atom.